The normalized spacial score (nSPS) is 23.8. The lowest BCUT2D eigenvalue weighted by atomic mass is 9.59. The van der Waals surface area contributed by atoms with Crippen LogP contribution in [0.1, 0.15) is 118 Å². The number of carbonyl (C=O) groups excluding carboxylic acids is 1. The number of hydrogen-bond acceptors (Lipinski definition) is 13. The predicted molar refractivity (Wildman–Crippen MR) is 258 cm³/mol. The summed E-state index contributed by atoms with van der Waals surface area (Å²) < 4.78 is 62.9. The van der Waals surface area contributed by atoms with E-state index in [1.54, 1.807) is 19.1 Å². The number of carbonyl (C=O) groups is 1. The third kappa shape index (κ3) is 9.06. The second-order valence-electron chi connectivity index (χ2n) is 20.4. The zero-order chi connectivity index (χ0) is 48.4. The van der Waals surface area contributed by atoms with E-state index in [4.69, 9.17) is 14.2 Å². The minimum Gasteiger partial charge on any atom is -0.489 e. The number of benzene rings is 3. The minimum absolute atomic E-state index is 0.00584. The number of amides is 1. The zero-order valence-corrected chi connectivity index (χ0v) is 40.2. The number of halogens is 1. The molecule has 0 bridgehead atoms. The number of sulfonamides is 1. The lowest BCUT2D eigenvalue weighted by molar-refractivity contribution is -0.384. The number of anilines is 2. The van der Waals surface area contributed by atoms with Gasteiger partial charge in [-0.25, -0.2) is 17.5 Å². The first-order valence-corrected chi connectivity index (χ1v) is 25.6. The average Bonchev–Trinajstić information content (AvgIpc) is 3.96. The maximum Gasteiger partial charge on any atom is 0.297 e. The van der Waals surface area contributed by atoms with Crippen LogP contribution in [0.25, 0.3) is 11.0 Å². The van der Waals surface area contributed by atoms with E-state index in [0.717, 1.165) is 69.3 Å². The summed E-state index contributed by atoms with van der Waals surface area (Å²) in [5.41, 5.74) is 2.68. The first-order chi connectivity index (χ1) is 33.0. The molecule has 2 atom stereocenters. The van der Waals surface area contributed by atoms with Crippen molar-refractivity contribution in [1.82, 2.24) is 19.6 Å². The summed E-state index contributed by atoms with van der Waals surface area (Å²) >= 11 is 0. The van der Waals surface area contributed by atoms with E-state index in [1.807, 2.05) is 0 Å². The third-order valence-corrected chi connectivity index (χ3v) is 17.0. The van der Waals surface area contributed by atoms with Gasteiger partial charge in [0.05, 0.1) is 39.5 Å². The maximum absolute atomic E-state index is 14.9. The monoisotopic (exact) mass is 965 g/mol. The van der Waals surface area contributed by atoms with Crippen molar-refractivity contribution in [2.24, 2.45) is 11.3 Å². The molecule has 69 heavy (non-hydrogen) atoms. The lowest BCUT2D eigenvalue weighted by Gasteiger charge is -2.56. The molecule has 4 fully saturated rings. The molecule has 2 saturated carbocycles. The molecule has 5 aromatic rings. The van der Waals surface area contributed by atoms with Gasteiger partial charge in [-0.05, 0) is 118 Å². The van der Waals surface area contributed by atoms with E-state index in [9.17, 15) is 32.8 Å². The Balaban J connectivity index is 0.883. The summed E-state index contributed by atoms with van der Waals surface area (Å²) in [5.74, 6) is -1.20. The molecular formula is C51H60FN7O9S. The number of fused-ring (bicyclic) bond motifs is 2. The van der Waals surface area contributed by atoms with E-state index in [0.29, 0.717) is 43.7 Å². The molecule has 1 amide bonds. The number of nitrogens with one attached hydrogen (secondary N) is 3. The molecule has 366 valence electrons. The van der Waals surface area contributed by atoms with Crippen molar-refractivity contribution in [3.05, 3.63) is 99.5 Å². The fourth-order valence-electron chi connectivity index (χ4n) is 11.7. The van der Waals surface area contributed by atoms with Crippen LogP contribution in [0.3, 0.4) is 0 Å². The number of aliphatic hydroxyl groups is 1. The highest BCUT2D eigenvalue weighted by molar-refractivity contribution is 7.90. The summed E-state index contributed by atoms with van der Waals surface area (Å²) in [5, 5.41) is 26.2. The standard InChI is InChI=1S/C51H60FN7O9S/c1-30(2)35-8-5-6-9-36(35)41-10-7-19-58(41)33-26-51(27-33)17-20-57(21-18-51)32-11-12-37(43(22-32)68-45-25-38-39(52)28-53-47(38)55-49(45)66-4)48(60)56-69(64,65)34-23-42(59(62)63)46-44(24-34)67-29-40(54-46)31-13-15-50(3,61)16-14-31/h5-6,8-9,11-12,22-25,28,30-31,33,40-41,54,61H,7,10,13-21,26-27,29H2,1-4H3,(H,53,55)(H,56,60)/t31?,40-,41-,50?/m1/s1. The number of rotatable bonds is 12. The van der Waals surface area contributed by atoms with E-state index in [2.05, 4.69) is 67.9 Å². The Bertz CT molecular complexity index is 2900. The predicted octanol–water partition coefficient (Wildman–Crippen LogP) is 9.35. The molecule has 3 aliphatic heterocycles. The van der Waals surface area contributed by atoms with Gasteiger partial charge >= 0.3 is 0 Å². The number of methoxy groups -OCH3 is 1. The van der Waals surface area contributed by atoms with Crippen molar-refractivity contribution in [3.63, 3.8) is 0 Å². The number of nitrogens with zero attached hydrogens (tertiary/aromatic N) is 4. The van der Waals surface area contributed by atoms with Gasteiger partial charge in [-0.15, -0.1) is 0 Å². The Labute approximate surface area is 401 Å². The Morgan fingerprint density at radius 3 is 2.51 bits per heavy atom. The fraction of sp³-hybridized carbons (Fsp3) is 0.490. The quantitative estimate of drug-likeness (QED) is 0.0681. The molecule has 3 aromatic carbocycles. The molecule has 4 N–H and O–H groups in total. The number of nitro groups is 1. The van der Waals surface area contributed by atoms with Gasteiger partial charge in [0, 0.05) is 61.3 Å². The molecule has 0 unspecified atom stereocenters. The number of pyridine rings is 1. The second kappa shape index (κ2) is 18.1. The fourth-order valence-corrected chi connectivity index (χ4v) is 12.7. The highest BCUT2D eigenvalue weighted by Crippen LogP contribution is 2.54. The van der Waals surface area contributed by atoms with E-state index >= 15 is 0 Å². The summed E-state index contributed by atoms with van der Waals surface area (Å²) in [7, 11) is -3.38. The summed E-state index contributed by atoms with van der Waals surface area (Å²) in [6.07, 6.45) is 10.3. The highest BCUT2D eigenvalue weighted by atomic mass is 32.2. The van der Waals surface area contributed by atoms with Crippen molar-refractivity contribution in [1.29, 1.82) is 0 Å². The molecule has 18 heteroatoms. The van der Waals surface area contributed by atoms with Gasteiger partial charge in [-0.3, -0.25) is 19.8 Å². The topological polar surface area (TPSA) is 201 Å². The van der Waals surface area contributed by atoms with E-state index in [-0.39, 0.29) is 69.4 Å². The first-order valence-electron chi connectivity index (χ1n) is 24.1. The molecule has 16 nitrogen and oxygen atoms in total. The molecule has 5 heterocycles. The van der Waals surface area contributed by atoms with Crippen LogP contribution in [-0.2, 0) is 10.0 Å². The summed E-state index contributed by atoms with van der Waals surface area (Å²) in [6.45, 7) is 9.09. The van der Waals surface area contributed by atoms with Crippen LogP contribution >= 0.6 is 0 Å². The number of piperidine rings is 1. The molecule has 2 aromatic heterocycles. The van der Waals surface area contributed by atoms with Crippen molar-refractivity contribution in [2.75, 3.05) is 43.6 Å². The van der Waals surface area contributed by atoms with Gasteiger partial charge in [0.15, 0.2) is 17.2 Å². The zero-order valence-electron chi connectivity index (χ0n) is 39.4. The van der Waals surface area contributed by atoms with Gasteiger partial charge < -0.3 is 34.5 Å². The van der Waals surface area contributed by atoms with Crippen LogP contribution in [0.4, 0.5) is 21.5 Å². The van der Waals surface area contributed by atoms with Crippen molar-refractivity contribution in [2.45, 2.75) is 120 Å². The highest BCUT2D eigenvalue weighted by Gasteiger charge is 2.50. The van der Waals surface area contributed by atoms with Gasteiger partial charge in [-0.2, -0.15) is 4.98 Å². The summed E-state index contributed by atoms with van der Waals surface area (Å²) in [6, 6.07) is 17.9. The van der Waals surface area contributed by atoms with Crippen LogP contribution in [-0.4, -0.2) is 90.3 Å². The van der Waals surface area contributed by atoms with Crippen LogP contribution in [0.2, 0.25) is 0 Å². The Kier molecular flexibility index (Phi) is 12.2. The number of hydrogen-bond donors (Lipinski definition) is 4. The summed E-state index contributed by atoms with van der Waals surface area (Å²) in [4.78, 5) is 37.5. The van der Waals surface area contributed by atoms with Crippen molar-refractivity contribution >= 4 is 44.0 Å². The molecule has 1 spiro atoms. The van der Waals surface area contributed by atoms with Gasteiger partial charge in [0.2, 0.25) is 0 Å². The number of nitro benzene ring substituents is 1. The minimum atomic E-state index is -4.75. The van der Waals surface area contributed by atoms with Crippen LogP contribution in [0, 0.1) is 27.3 Å². The average molecular weight is 966 g/mol. The molecule has 2 saturated heterocycles. The molecule has 2 aliphatic carbocycles. The number of aromatic nitrogens is 2. The number of likely N-dealkylation sites (tertiary alicyclic amines) is 1. The Morgan fingerprint density at radius 2 is 1.78 bits per heavy atom. The van der Waals surface area contributed by atoms with Crippen LogP contribution in [0.5, 0.6) is 23.1 Å². The van der Waals surface area contributed by atoms with Crippen molar-refractivity contribution in [3.8, 4) is 23.1 Å². The first kappa shape index (κ1) is 46.7. The lowest BCUT2D eigenvalue weighted by Crippen LogP contribution is -2.54. The molecule has 10 rings (SSSR count). The largest absolute Gasteiger partial charge is 0.489 e. The van der Waals surface area contributed by atoms with Crippen molar-refractivity contribution < 1.29 is 41.8 Å². The van der Waals surface area contributed by atoms with Gasteiger partial charge in [-0.1, -0.05) is 38.1 Å². The molecular weight excluding hydrogens is 906 g/mol. The number of aromatic amines is 1. The Hall–Kier alpha value is -5.98. The molecule has 5 aliphatic rings. The molecule has 0 radical (unpaired) electrons. The maximum atomic E-state index is 14.9. The van der Waals surface area contributed by atoms with Gasteiger partial charge in [0.1, 0.15) is 23.8 Å². The van der Waals surface area contributed by atoms with Gasteiger partial charge in [0.25, 0.3) is 27.5 Å². The SMILES string of the molecule is COc1nc2[nH]cc(F)c2cc1Oc1cc(N2CCC3(CC2)CC(N2CCC[C@@H]2c2ccccc2C(C)C)C3)ccc1C(=O)NS(=O)(=O)c1cc2c(c([N+](=O)[O-])c1)N[C@@H](C1CCC(C)(O)CC1)CO2. The van der Waals surface area contributed by atoms with Crippen LogP contribution < -0.4 is 29.1 Å². The van der Waals surface area contributed by atoms with Crippen LogP contribution in [0.15, 0.2) is 71.8 Å². The number of H-pyrrole nitrogens is 1. The second-order valence-corrected chi connectivity index (χ2v) is 22.1. The number of ether oxygens (including phenoxy) is 3. The Morgan fingerprint density at radius 1 is 1.03 bits per heavy atom. The smallest absolute Gasteiger partial charge is 0.297 e. The van der Waals surface area contributed by atoms with E-state index < -0.39 is 42.9 Å². The van der Waals surface area contributed by atoms with E-state index in [1.165, 1.54) is 43.2 Å². The third-order valence-electron chi connectivity index (χ3n) is 15.7.